The quantitative estimate of drug-likeness (QED) is 0.801. The van der Waals surface area contributed by atoms with Crippen molar-refractivity contribution in [2.75, 3.05) is 6.54 Å². The molecule has 2 rings (SSSR count). The van der Waals surface area contributed by atoms with Gasteiger partial charge in [-0.1, -0.05) is 66.0 Å². The van der Waals surface area contributed by atoms with E-state index in [-0.39, 0.29) is 6.04 Å². The molecule has 0 aromatic heterocycles. The maximum atomic E-state index is 6.27. The van der Waals surface area contributed by atoms with E-state index in [1.54, 1.807) is 6.07 Å². The van der Waals surface area contributed by atoms with Gasteiger partial charge in [0.15, 0.2) is 0 Å². The third kappa shape index (κ3) is 3.99. The molecule has 0 bridgehead atoms. The molecule has 0 amide bonds. The summed E-state index contributed by atoms with van der Waals surface area (Å²) in [4.78, 5) is 0. The van der Waals surface area contributed by atoms with Gasteiger partial charge in [0.1, 0.15) is 0 Å². The molecule has 0 saturated carbocycles. The van der Waals surface area contributed by atoms with Crippen LogP contribution in [0.3, 0.4) is 0 Å². The lowest BCUT2D eigenvalue weighted by Crippen LogP contribution is -2.23. The highest BCUT2D eigenvalue weighted by atomic mass is 35.5. The minimum Gasteiger partial charge on any atom is -0.310 e. The second-order valence-electron chi connectivity index (χ2n) is 4.96. The maximum Gasteiger partial charge on any atom is 0.0453 e. The van der Waals surface area contributed by atoms with Gasteiger partial charge in [0.25, 0.3) is 0 Å². The van der Waals surface area contributed by atoms with Crippen LogP contribution in [-0.4, -0.2) is 6.54 Å². The molecule has 1 N–H and O–H groups in total. The second-order valence-corrected chi connectivity index (χ2v) is 5.80. The monoisotopic (exact) mass is 307 g/mol. The Morgan fingerprint density at radius 3 is 2.35 bits per heavy atom. The second kappa shape index (κ2) is 7.12. The number of rotatable bonds is 5. The van der Waals surface area contributed by atoms with Crippen molar-refractivity contribution in [3.63, 3.8) is 0 Å². The zero-order valence-electron chi connectivity index (χ0n) is 11.8. The van der Waals surface area contributed by atoms with E-state index < -0.39 is 0 Å². The van der Waals surface area contributed by atoms with E-state index in [9.17, 15) is 0 Å². The molecule has 0 radical (unpaired) electrons. The van der Waals surface area contributed by atoms with E-state index in [1.807, 2.05) is 12.1 Å². The third-order valence-electron chi connectivity index (χ3n) is 3.37. The van der Waals surface area contributed by atoms with Crippen LogP contribution in [0.25, 0.3) is 0 Å². The van der Waals surface area contributed by atoms with E-state index in [0.717, 1.165) is 23.6 Å². The van der Waals surface area contributed by atoms with Crippen LogP contribution in [0.2, 0.25) is 10.0 Å². The standard InChI is InChI=1S/C17H19Cl2N/c1-3-20-17(13-6-4-12(2)5-7-13)10-14-8-9-15(18)11-16(14)19/h4-9,11,17,20H,3,10H2,1-2H3. The number of halogens is 2. The SMILES string of the molecule is CCNC(Cc1ccc(Cl)cc1Cl)c1ccc(C)cc1. The lowest BCUT2D eigenvalue weighted by molar-refractivity contribution is 0.550. The molecule has 0 saturated heterocycles. The lowest BCUT2D eigenvalue weighted by Gasteiger charge is -2.19. The summed E-state index contributed by atoms with van der Waals surface area (Å²) in [6, 6.07) is 14.6. The first kappa shape index (κ1) is 15.4. The Morgan fingerprint density at radius 1 is 1.05 bits per heavy atom. The fourth-order valence-corrected chi connectivity index (χ4v) is 2.75. The number of benzene rings is 2. The van der Waals surface area contributed by atoms with Crippen molar-refractivity contribution < 1.29 is 0 Å². The van der Waals surface area contributed by atoms with Gasteiger partial charge in [-0.15, -0.1) is 0 Å². The number of nitrogens with one attached hydrogen (secondary N) is 1. The molecular formula is C17H19Cl2N. The van der Waals surface area contributed by atoms with Gasteiger partial charge < -0.3 is 5.32 Å². The van der Waals surface area contributed by atoms with E-state index >= 15 is 0 Å². The fraction of sp³-hybridized carbons (Fsp3) is 0.294. The Morgan fingerprint density at radius 2 is 1.75 bits per heavy atom. The van der Waals surface area contributed by atoms with Gasteiger partial charge in [-0.25, -0.2) is 0 Å². The number of likely N-dealkylation sites (N-methyl/N-ethyl adjacent to an activating group) is 1. The van der Waals surface area contributed by atoms with E-state index in [4.69, 9.17) is 23.2 Å². The van der Waals surface area contributed by atoms with Gasteiger partial charge >= 0.3 is 0 Å². The van der Waals surface area contributed by atoms with Gasteiger partial charge in [-0.05, 0) is 43.1 Å². The van der Waals surface area contributed by atoms with Gasteiger partial charge in [0, 0.05) is 16.1 Å². The molecule has 106 valence electrons. The average molecular weight is 308 g/mol. The summed E-state index contributed by atoms with van der Waals surface area (Å²) in [6.07, 6.45) is 0.854. The van der Waals surface area contributed by atoms with Gasteiger partial charge in [-0.3, -0.25) is 0 Å². The summed E-state index contributed by atoms with van der Waals surface area (Å²) < 4.78 is 0. The summed E-state index contributed by atoms with van der Waals surface area (Å²) >= 11 is 12.2. The van der Waals surface area contributed by atoms with Crippen molar-refractivity contribution in [2.45, 2.75) is 26.3 Å². The Bertz CT molecular complexity index is 564. The van der Waals surface area contributed by atoms with Crippen molar-refractivity contribution in [3.05, 3.63) is 69.2 Å². The first-order chi connectivity index (χ1) is 9.60. The van der Waals surface area contributed by atoms with Crippen molar-refractivity contribution >= 4 is 23.2 Å². The molecular weight excluding hydrogens is 289 g/mol. The van der Waals surface area contributed by atoms with E-state index in [2.05, 4.69) is 43.4 Å². The van der Waals surface area contributed by atoms with Crippen LogP contribution in [0.5, 0.6) is 0 Å². The highest BCUT2D eigenvalue weighted by Crippen LogP contribution is 2.26. The summed E-state index contributed by atoms with van der Waals surface area (Å²) in [5.74, 6) is 0. The zero-order valence-corrected chi connectivity index (χ0v) is 13.3. The first-order valence-corrected chi connectivity index (χ1v) is 7.59. The lowest BCUT2D eigenvalue weighted by atomic mass is 9.98. The van der Waals surface area contributed by atoms with Crippen molar-refractivity contribution in [3.8, 4) is 0 Å². The average Bonchev–Trinajstić information content (AvgIpc) is 2.42. The Labute approximate surface area is 130 Å². The van der Waals surface area contributed by atoms with Gasteiger partial charge in [-0.2, -0.15) is 0 Å². The predicted molar refractivity (Wildman–Crippen MR) is 87.8 cm³/mol. The van der Waals surface area contributed by atoms with Crippen molar-refractivity contribution in [2.24, 2.45) is 0 Å². The fourth-order valence-electron chi connectivity index (χ4n) is 2.26. The molecule has 1 unspecified atom stereocenters. The van der Waals surface area contributed by atoms with Crippen LogP contribution in [0.15, 0.2) is 42.5 Å². The molecule has 0 heterocycles. The summed E-state index contributed by atoms with van der Waals surface area (Å²) in [6.45, 7) is 5.14. The maximum absolute atomic E-state index is 6.27. The van der Waals surface area contributed by atoms with Crippen molar-refractivity contribution in [1.29, 1.82) is 0 Å². The molecule has 2 aromatic rings. The number of hydrogen-bond acceptors (Lipinski definition) is 1. The Balaban J connectivity index is 2.22. The van der Waals surface area contributed by atoms with E-state index in [0.29, 0.717) is 5.02 Å². The Hall–Kier alpha value is -1.02. The van der Waals surface area contributed by atoms with Crippen molar-refractivity contribution in [1.82, 2.24) is 5.32 Å². The highest BCUT2D eigenvalue weighted by Gasteiger charge is 2.13. The zero-order chi connectivity index (χ0) is 14.5. The number of hydrogen-bond donors (Lipinski definition) is 1. The largest absolute Gasteiger partial charge is 0.310 e. The summed E-state index contributed by atoms with van der Waals surface area (Å²) in [5.41, 5.74) is 3.67. The highest BCUT2D eigenvalue weighted by molar-refractivity contribution is 6.35. The smallest absolute Gasteiger partial charge is 0.0453 e. The molecule has 1 atom stereocenters. The van der Waals surface area contributed by atoms with Gasteiger partial charge in [0.2, 0.25) is 0 Å². The topological polar surface area (TPSA) is 12.0 Å². The molecule has 2 aromatic carbocycles. The summed E-state index contributed by atoms with van der Waals surface area (Å²) in [7, 11) is 0. The van der Waals surface area contributed by atoms with Crippen LogP contribution in [0, 0.1) is 6.92 Å². The van der Waals surface area contributed by atoms with Crippen LogP contribution in [0.1, 0.15) is 29.7 Å². The van der Waals surface area contributed by atoms with Crippen LogP contribution in [-0.2, 0) is 6.42 Å². The molecule has 0 fully saturated rings. The molecule has 20 heavy (non-hydrogen) atoms. The van der Waals surface area contributed by atoms with Crippen LogP contribution in [0.4, 0.5) is 0 Å². The third-order valence-corrected chi connectivity index (χ3v) is 3.96. The number of aryl methyl sites for hydroxylation is 1. The summed E-state index contributed by atoms with van der Waals surface area (Å²) in [5, 5.41) is 4.92. The molecule has 1 nitrogen and oxygen atoms in total. The molecule has 0 aliphatic heterocycles. The molecule has 0 aliphatic rings. The first-order valence-electron chi connectivity index (χ1n) is 6.84. The normalized spacial score (nSPS) is 12.4. The minimum atomic E-state index is 0.263. The molecule has 0 spiro atoms. The van der Waals surface area contributed by atoms with Crippen LogP contribution < -0.4 is 5.32 Å². The predicted octanol–water partition coefficient (Wildman–Crippen LogP) is 5.20. The Kier molecular flexibility index (Phi) is 5.47. The minimum absolute atomic E-state index is 0.263. The molecule has 3 heteroatoms. The molecule has 0 aliphatic carbocycles. The van der Waals surface area contributed by atoms with Crippen LogP contribution >= 0.6 is 23.2 Å². The van der Waals surface area contributed by atoms with Gasteiger partial charge in [0.05, 0.1) is 0 Å². The van der Waals surface area contributed by atoms with E-state index in [1.165, 1.54) is 11.1 Å².